The predicted molar refractivity (Wildman–Crippen MR) is 73.2 cm³/mol. The van der Waals surface area contributed by atoms with Gasteiger partial charge in [0, 0.05) is 5.56 Å². The molecular weight excluding hydrogens is 256 g/mol. The van der Waals surface area contributed by atoms with Gasteiger partial charge in [-0.15, -0.1) is 0 Å². The van der Waals surface area contributed by atoms with Crippen LogP contribution in [0.1, 0.15) is 24.0 Å². The van der Waals surface area contributed by atoms with Gasteiger partial charge in [-0.1, -0.05) is 12.1 Å². The molecule has 1 unspecified atom stereocenters. The zero-order chi connectivity index (χ0) is 14.1. The van der Waals surface area contributed by atoms with E-state index in [-0.39, 0.29) is 11.7 Å². The molecule has 0 saturated carbocycles. The molecule has 0 amide bonds. The number of phenols is 1. The fraction of sp³-hybridized carbons (Fsp3) is 0.188. The molecule has 0 spiro atoms. The molecule has 1 aliphatic rings. The van der Waals surface area contributed by atoms with Crippen molar-refractivity contribution >= 4 is 5.97 Å². The number of rotatable bonds is 3. The van der Waals surface area contributed by atoms with E-state index in [9.17, 15) is 9.90 Å². The van der Waals surface area contributed by atoms with E-state index in [1.165, 1.54) is 6.07 Å². The Morgan fingerprint density at radius 3 is 2.65 bits per heavy atom. The van der Waals surface area contributed by atoms with Gasteiger partial charge in [0.1, 0.15) is 23.2 Å². The molecule has 0 bridgehead atoms. The Bertz CT molecular complexity index is 646. The molecule has 0 aromatic heterocycles. The third kappa shape index (κ3) is 2.09. The summed E-state index contributed by atoms with van der Waals surface area (Å²) >= 11 is 0. The molecule has 3 rings (SSSR count). The lowest BCUT2D eigenvalue weighted by Crippen LogP contribution is -2.11. The number of ether oxygens (including phenoxy) is 2. The maximum absolute atomic E-state index is 12.0. The minimum Gasteiger partial charge on any atom is -0.508 e. The van der Waals surface area contributed by atoms with Crippen LogP contribution in [0.4, 0.5) is 0 Å². The summed E-state index contributed by atoms with van der Waals surface area (Å²) in [5, 5.41) is 9.57. The highest BCUT2D eigenvalue weighted by molar-refractivity contribution is 5.89. The van der Waals surface area contributed by atoms with Crippen LogP contribution < -0.4 is 9.47 Å². The summed E-state index contributed by atoms with van der Waals surface area (Å²) < 4.78 is 10.6. The molecule has 1 atom stereocenters. The van der Waals surface area contributed by atoms with Gasteiger partial charge in [-0.05, 0) is 42.8 Å². The van der Waals surface area contributed by atoms with Crippen LogP contribution in [0.15, 0.2) is 42.5 Å². The zero-order valence-electron chi connectivity index (χ0n) is 11.0. The van der Waals surface area contributed by atoms with E-state index in [0.717, 1.165) is 11.3 Å². The van der Waals surface area contributed by atoms with Crippen molar-refractivity contribution in [2.24, 2.45) is 0 Å². The highest BCUT2D eigenvalue weighted by Gasteiger charge is 2.34. The average Bonchev–Trinajstić information content (AvgIpc) is 2.76. The van der Waals surface area contributed by atoms with E-state index >= 15 is 0 Å². The topological polar surface area (TPSA) is 55.8 Å². The third-order valence-electron chi connectivity index (χ3n) is 3.28. The third-order valence-corrected chi connectivity index (χ3v) is 3.28. The number of esters is 1. The smallest absolute Gasteiger partial charge is 0.323 e. The van der Waals surface area contributed by atoms with Crippen molar-refractivity contribution in [2.75, 3.05) is 6.61 Å². The maximum Gasteiger partial charge on any atom is 0.323 e. The van der Waals surface area contributed by atoms with E-state index in [1.807, 2.05) is 31.2 Å². The Morgan fingerprint density at radius 1 is 1.20 bits per heavy atom. The van der Waals surface area contributed by atoms with Crippen LogP contribution in [0.2, 0.25) is 0 Å². The Kier molecular flexibility index (Phi) is 3.06. The first-order valence-electron chi connectivity index (χ1n) is 6.46. The molecule has 102 valence electrons. The molecule has 4 nitrogen and oxygen atoms in total. The Hall–Kier alpha value is -2.49. The number of carbonyl (C=O) groups excluding carboxylic acids is 1. The number of carbonyl (C=O) groups is 1. The van der Waals surface area contributed by atoms with E-state index in [4.69, 9.17) is 9.47 Å². The first-order valence-corrected chi connectivity index (χ1v) is 6.46. The number of benzene rings is 2. The lowest BCUT2D eigenvalue weighted by atomic mass is 9.92. The van der Waals surface area contributed by atoms with Crippen LogP contribution in [0, 0.1) is 0 Å². The van der Waals surface area contributed by atoms with Crippen molar-refractivity contribution in [1.29, 1.82) is 0 Å². The van der Waals surface area contributed by atoms with Crippen molar-refractivity contribution in [1.82, 2.24) is 0 Å². The molecule has 1 heterocycles. The second-order valence-electron chi connectivity index (χ2n) is 4.58. The summed E-state index contributed by atoms with van der Waals surface area (Å²) in [7, 11) is 0. The molecule has 0 aliphatic carbocycles. The molecule has 2 aromatic rings. The first kappa shape index (κ1) is 12.5. The summed E-state index contributed by atoms with van der Waals surface area (Å²) in [5.74, 6) is 0.575. The Morgan fingerprint density at radius 2 is 1.95 bits per heavy atom. The number of fused-ring (bicyclic) bond motifs is 1. The number of hydrogen-bond donors (Lipinski definition) is 1. The molecule has 0 saturated heterocycles. The number of phenolic OH excluding ortho intramolecular Hbond substituents is 1. The van der Waals surface area contributed by atoms with Gasteiger partial charge in [0.2, 0.25) is 0 Å². The number of hydrogen-bond acceptors (Lipinski definition) is 4. The van der Waals surface area contributed by atoms with Crippen LogP contribution in [0.5, 0.6) is 17.2 Å². The van der Waals surface area contributed by atoms with E-state index in [1.54, 1.807) is 12.1 Å². The van der Waals surface area contributed by atoms with Crippen molar-refractivity contribution < 1.29 is 19.4 Å². The second-order valence-corrected chi connectivity index (χ2v) is 4.58. The second kappa shape index (κ2) is 4.89. The van der Waals surface area contributed by atoms with Gasteiger partial charge in [-0.25, -0.2) is 0 Å². The van der Waals surface area contributed by atoms with Gasteiger partial charge in [0.25, 0.3) is 0 Å². The van der Waals surface area contributed by atoms with Crippen LogP contribution in [-0.2, 0) is 4.79 Å². The summed E-state index contributed by atoms with van der Waals surface area (Å²) in [6.07, 6.45) is 0. The first-order chi connectivity index (χ1) is 9.69. The highest BCUT2D eigenvalue weighted by atomic mass is 16.5. The average molecular weight is 270 g/mol. The van der Waals surface area contributed by atoms with Gasteiger partial charge in [0.05, 0.1) is 6.61 Å². The fourth-order valence-corrected chi connectivity index (χ4v) is 2.39. The predicted octanol–water partition coefficient (Wildman–Crippen LogP) is 2.84. The van der Waals surface area contributed by atoms with Crippen molar-refractivity contribution in [3.8, 4) is 17.2 Å². The molecule has 4 heteroatoms. The monoisotopic (exact) mass is 270 g/mol. The van der Waals surface area contributed by atoms with Crippen LogP contribution in [0.3, 0.4) is 0 Å². The van der Waals surface area contributed by atoms with Crippen LogP contribution in [0.25, 0.3) is 0 Å². The largest absolute Gasteiger partial charge is 0.508 e. The number of aromatic hydroxyl groups is 1. The molecule has 20 heavy (non-hydrogen) atoms. The maximum atomic E-state index is 12.0. The minimum atomic E-state index is -0.493. The van der Waals surface area contributed by atoms with Crippen LogP contribution in [-0.4, -0.2) is 17.7 Å². The molecule has 0 fully saturated rings. The fourth-order valence-electron chi connectivity index (χ4n) is 2.39. The van der Waals surface area contributed by atoms with E-state index in [0.29, 0.717) is 17.9 Å². The minimum absolute atomic E-state index is 0.123. The lowest BCUT2D eigenvalue weighted by molar-refractivity contribution is -0.133. The van der Waals surface area contributed by atoms with Crippen molar-refractivity contribution in [3.05, 3.63) is 53.6 Å². The Labute approximate surface area is 116 Å². The summed E-state index contributed by atoms with van der Waals surface area (Å²) in [4.78, 5) is 12.0. The molecule has 0 radical (unpaired) electrons. The van der Waals surface area contributed by atoms with E-state index in [2.05, 4.69) is 0 Å². The van der Waals surface area contributed by atoms with Gasteiger partial charge >= 0.3 is 5.97 Å². The Balaban J connectivity index is 1.98. The van der Waals surface area contributed by atoms with Crippen molar-refractivity contribution in [2.45, 2.75) is 12.8 Å². The molecular formula is C16H14O4. The van der Waals surface area contributed by atoms with E-state index < -0.39 is 5.92 Å². The molecule has 2 aromatic carbocycles. The van der Waals surface area contributed by atoms with Crippen molar-refractivity contribution in [3.63, 3.8) is 0 Å². The quantitative estimate of drug-likeness (QED) is 0.688. The van der Waals surface area contributed by atoms with Gasteiger partial charge in [-0.3, -0.25) is 4.79 Å². The summed E-state index contributed by atoms with van der Waals surface area (Å²) in [5.41, 5.74) is 1.52. The van der Waals surface area contributed by atoms with Gasteiger partial charge in [-0.2, -0.15) is 0 Å². The molecule has 1 aliphatic heterocycles. The standard InChI is InChI=1S/C16H14O4/c1-2-19-12-6-3-10(4-7-12)15-13-9-11(17)5-8-14(13)20-16(15)18/h3-9,15,17H,2H2,1H3. The normalized spacial score (nSPS) is 16.6. The van der Waals surface area contributed by atoms with Gasteiger partial charge < -0.3 is 14.6 Å². The zero-order valence-corrected chi connectivity index (χ0v) is 11.0. The summed E-state index contributed by atoms with van der Waals surface area (Å²) in [6.45, 7) is 2.52. The summed E-state index contributed by atoms with van der Waals surface area (Å²) in [6, 6.07) is 12.0. The highest BCUT2D eigenvalue weighted by Crippen LogP contribution is 2.41. The van der Waals surface area contributed by atoms with Crippen LogP contribution >= 0.6 is 0 Å². The van der Waals surface area contributed by atoms with Gasteiger partial charge in [0.15, 0.2) is 0 Å². The lowest BCUT2D eigenvalue weighted by Gasteiger charge is -2.09. The molecule has 1 N–H and O–H groups in total. The SMILES string of the molecule is CCOc1ccc(C2C(=O)Oc3ccc(O)cc32)cc1.